The van der Waals surface area contributed by atoms with Crippen LogP contribution in [0.5, 0.6) is 0 Å². The number of benzene rings is 2. The van der Waals surface area contributed by atoms with Crippen LogP contribution in [-0.2, 0) is 0 Å². The van der Waals surface area contributed by atoms with E-state index in [1.165, 1.54) is 12.8 Å². The lowest BCUT2D eigenvalue weighted by atomic mass is 10.1. The number of hydrogen-bond acceptors (Lipinski definition) is 2. The number of carbonyl (C=O) groups is 2. The molecule has 3 rings (SSSR count). The van der Waals surface area contributed by atoms with E-state index in [1.807, 2.05) is 4.90 Å². The van der Waals surface area contributed by atoms with E-state index >= 15 is 0 Å². The fourth-order valence-corrected chi connectivity index (χ4v) is 3.46. The molecule has 26 heavy (non-hydrogen) atoms. The van der Waals surface area contributed by atoms with E-state index < -0.39 is 0 Å². The van der Waals surface area contributed by atoms with Gasteiger partial charge in [0.15, 0.2) is 0 Å². The summed E-state index contributed by atoms with van der Waals surface area (Å²) < 4.78 is 0. The summed E-state index contributed by atoms with van der Waals surface area (Å²) in [6.45, 7) is 1.60. The maximum atomic E-state index is 12.6. The number of likely N-dealkylation sites (tertiary alicyclic amines) is 1. The molecular formula is C20H20Cl2N2O2. The van der Waals surface area contributed by atoms with Crippen molar-refractivity contribution >= 4 is 40.7 Å². The molecule has 0 unspecified atom stereocenters. The highest BCUT2D eigenvalue weighted by atomic mass is 35.5. The van der Waals surface area contributed by atoms with E-state index in [4.69, 9.17) is 23.2 Å². The van der Waals surface area contributed by atoms with Gasteiger partial charge < -0.3 is 10.2 Å². The van der Waals surface area contributed by atoms with Crippen LogP contribution < -0.4 is 5.32 Å². The zero-order valence-electron chi connectivity index (χ0n) is 14.3. The number of nitrogens with one attached hydrogen (secondary N) is 1. The molecular weight excluding hydrogens is 371 g/mol. The highest BCUT2D eigenvalue weighted by Crippen LogP contribution is 2.26. The van der Waals surface area contributed by atoms with Crippen LogP contribution in [0.2, 0.25) is 10.0 Å². The number of carbonyl (C=O) groups excluding carboxylic acids is 2. The Morgan fingerprint density at radius 3 is 2.08 bits per heavy atom. The van der Waals surface area contributed by atoms with Gasteiger partial charge in [-0.2, -0.15) is 0 Å². The second-order valence-electron chi connectivity index (χ2n) is 6.36. The van der Waals surface area contributed by atoms with Gasteiger partial charge >= 0.3 is 0 Å². The SMILES string of the molecule is O=C(Nc1ccc(Cl)cc1Cl)c1ccc(C(=O)N2CCCCCC2)cc1. The van der Waals surface area contributed by atoms with E-state index in [-0.39, 0.29) is 11.8 Å². The lowest BCUT2D eigenvalue weighted by Gasteiger charge is -2.20. The molecule has 1 saturated heterocycles. The largest absolute Gasteiger partial charge is 0.339 e. The van der Waals surface area contributed by atoms with Crippen molar-refractivity contribution < 1.29 is 9.59 Å². The summed E-state index contributed by atoms with van der Waals surface area (Å²) in [5.41, 5.74) is 1.56. The number of anilines is 1. The Morgan fingerprint density at radius 1 is 0.846 bits per heavy atom. The zero-order chi connectivity index (χ0) is 18.5. The Hall–Kier alpha value is -2.04. The molecule has 1 N–H and O–H groups in total. The van der Waals surface area contributed by atoms with Crippen molar-refractivity contribution in [3.8, 4) is 0 Å². The van der Waals surface area contributed by atoms with Crippen molar-refractivity contribution in [3.63, 3.8) is 0 Å². The van der Waals surface area contributed by atoms with Gasteiger partial charge in [-0.05, 0) is 55.3 Å². The first-order chi connectivity index (χ1) is 12.5. The molecule has 0 aliphatic carbocycles. The predicted octanol–water partition coefficient (Wildman–Crippen LogP) is 5.26. The molecule has 1 aliphatic rings. The highest BCUT2D eigenvalue weighted by molar-refractivity contribution is 6.36. The number of rotatable bonds is 3. The van der Waals surface area contributed by atoms with Gasteiger partial charge in [-0.1, -0.05) is 36.0 Å². The second kappa shape index (κ2) is 8.56. The van der Waals surface area contributed by atoms with Crippen LogP contribution in [0.25, 0.3) is 0 Å². The molecule has 1 fully saturated rings. The molecule has 2 amide bonds. The van der Waals surface area contributed by atoms with Crippen molar-refractivity contribution in [2.45, 2.75) is 25.7 Å². The molecule has 2 aromatic carbocycles. The average Bonchev–Trinajstić information content (AvgIpc) is 2.93. The molecule has 0 spiro atoms. The quantitative estimate of drug-likeness (QED) is 0.776. The van der Waals surface area contributed by atoms with E-state index in [1.54, 1.807) is 42.5 Å². The third-order valence-electron chi connectivity index (χ3n) is 4.47. The van der Waals surface area contributed by atoms with Gasteiger partial charge in [0.2, 0.25) is 0 Å². The zero-order valence-corrected chi connectivity index (χ0v) is 15.8. The molecule has 0 saturated carbocycles. The van der Waals surface area contributed by atoms with Crippen LogP contribution in [0, 0.1) is 0 Å². The molecule has 1 aliphatic heterocycles. The lowest BCUT2D eigenvalue weighted by Crippen LogP contribution is -2.31. The highest BCUT2D eigenvalue weighted by Gasteiger charge is 2.18. The molecule has 0 bridgehead atoms. The third-order valence-corrected chi connectivity index (χ3v) is 5.01. The van der Waals surface area contributed by atoms with Gasteiger partial charge in [0.1, 0.15) is 0 Å². The first-order valence-electron chi connectivity index (χ1n) is 8.70. The van der Waals surface area contributed by atoms with Gasteiger partial charge in [-0.25, -0.2) is 0 Å². The number of nitrogens with zero attached hydrogens (tertiary/aromatic N) is 1. The molecule has 0 radical (unpaired) electrons. The number of halogens is 2. The van der Waals surface area contributed by atoms with Crippen LogP contribution in [0.4, 0.5) is 5.69 Å². The molecule has 2 aromatic rings. The number of amides is 2. The summed E-state index contributed by atoms with van der Waals surface area (Å²) in [6.07, 6.45) is 4.45. The lowest BCUT2D eigenvalue weighted by molar-refractivity contribution is 0.0761. The van der Waals surface area contributed by atoms with E-state index in [2.05, 4.69) is 5.32 Å². The van der Waals surface area contributed by atoms with Crippen LogP contribution in [0.3, 0.4) is 0 Å². The maximum absolute atomic E-state index is 12.6. The fourth-order valence-electron chi connectivity index (χ4n) is 3.01. The second-order valence-corrected chi connectivity index (χ2v) is 7.21. The van der Waals surface area contributed by atoms with Crippen LogP contribution >= 0.6 is 23.2 Å². The summed E-state index contributed by atoms with van der Waals surface area (Å²) in [7, 11) is 0. The molecule has 136 valence electrons. The monoisotopic (exact) mass is 390 g/mol. The Labute approximate surface area is 163 Å². The van der Waals surface area contributed by atoms with Crippen molar-refractivity contribution in [1.82, 2.24) is 4.90 Å². The van der Waals surface area contributed by atoms with Crippen molar-refractivity contribution in [2.75, 3.05) is 18.4 Å². The average molecular weight is 391 g/mol. The van der Waals surface area contributed by atoms with Gasteiger partial charge in [0.05, 0.1) is 10.7 Å². The Balaban J connectivity index is 1.68. The Morgan fingerprint density at radius 2 is 1.46 bits per heavy atom. The smallest absolute Gasteiger partial charge is 0.255 e. The van der Waals surface area contributed by atoms with E-state index in [9.17, 15) is 9.59 Å². The van der Waals surface area contributed by atoms with Crippen LogP contribution in [-0.4, -0.2) is 29.8 Å². The first kappa shape index (κ1) is 18.7. The van der Waals surface area contributed by atoms with Crippen molar-refractivity contribution in [3.05, 3.63) is 63.6 Å². The van der Waals surface area contributed by atoms with Gasteiger partial charge in [-0.15, -0.1) is 0 Å². The van der Waals surface area contributed by atoms with E-state index in [0.717, 1.165) is 25.9 Å². The van der Waals surface area contributed by atoms with Crippen molar-refractivity contribution in [1.29, 1.82) is 0 Å². The standard InChI is InChI=1S/C20H20Cl2N2O2/c21-16-9-10-18(17(22)13-16)23-19(25)14-5-7-15(8-6-14)20(26)24-11-3-1-2-4-12-24/h5-10,13H,1-4,11-12H2,(H,23,25). The van der Waals surface area contributed by atoms with Gasteiger partial charge in [-0.3, -0.25) is 9.59 Å². The van der Waals surface area contributed by atoms with Gasteiger partial charge in [0.25, 0.3) is 11.8 Å². The summed E-state index contributed by atoms with van der Waals surface area (Å²) in [6, 6.07) is 11.6. The van der Waals surface area contributed by atoms with Crippen LogP contribution in [0.15, 0.2) is 42.5 Å². The summed E-state index contributed by atoms with van der Waals surface area (Å²) in [5, 5.41) is 3.63. The fraction of sp³-hybridized carbons (Fsp3) is 0.300. The molecule has 0 atom stereocenters. The first-order valence-corrected chi connectivity index (χ1v) is 9.46. The van der Waals surface area contributed by atoms with Crippen molar-refractivity contribution in [2.24, 2.45) is 0 Å². The number of hydrogen-bond donors (Lipinski definition) is 1. The summed E-state index contributed by atoms with van der Waals surface area (Å²) >= 11 is 11.9. The minimum absolute atomic E-state index is 0.0274. The van der Waals surface area contributed by atoms with Crippen LogP contribution in [0.1, 0.15) is 46.4 Å². The van der Waals surface area contributed by atoms with E-state index in [0.29, 0.717) is 26.9 Å². The summed E-state index contributed by atoms with van der Waals surface area (Å²) in [5.74, 6) is -0.261. The third kappa shape index (κ3) is 4.57. The summed E-state index contributed by atoms with van der Waals surface area (Å²) in [4.78, 5) is 26.9. The minimum Gasteiger partial charge on any atom is -0.339 e. The molecule has 0 aromatic heterocycles. The minimum atomic E-state index is -0.289. The van der Waals surface area contributed by atoms with Gasteiger partial charge in [0, 0.05) is 29.2 Å². The molecule has 6 heteroatoms. The topological polar surface area (TPSA) is 49.4 Å². The maximum Gasteiger partial charge on any atom is 0.255 e. The Kier molecular flexibility index (Phi) is 6.17. The predicted molar refractivity (Wildman–Crippen MR) is 105 cm³/mol. The molecule has 4 nitrogen and oxygen atoms in total. The molecule has 1 heterocycles. The normalized spacial score (nSPS) is 14.6. The Bertz CT molecular complexity index is 798.